The first-order chi connectivity index (χ1) is 9.35. The molecule has 0 amide bonds. The lowest BCUT2D eigenvalue weighted by molar-refractivity contribution is -0.170. The van der Waals surface area contributed by atoms with Crippen molar-refractivity contribution in [3.63, 3.8) is 0 Å². The summed E-state index contributed by atoms with van der Waals surface area (Å²) in [6.45, 7) is 3.72. The normalized spacial score (nSPS) is 18.6. The molecule has 0 atom stereocenters. The predicted molar refractivity (Wildman–Crippen MR) is 77.8 cm³/mol. The van der Waals surface area contributed by atoms with Crippen molar-refractivity contribution in [2.24, 2.45) is 5.41 Å². The summed E-state index contributed by atoms with van der Waals surface area (Å²) in [5.41, 5.74) is -0.969. The number of rotatable bonds is 4. The van der Waals surface area contributed by atoms with Gasteiger partial charge in [0.05, 0.1) is 0 Å². The highest BCUT2D eigenvalue weighted by Gasteiger charge is 2.65. The second-order valence-electron chi connectivity index (χ2n) is 5.28. The van der Waals surface area contributed by atoms with Gasteiger partial charge in [-0.3, -0.25) is 9.59 Å². The number of hydrogen-bond acceptors (Lipinski definition) is 2. The van der Waals surface area contributed by atoms with Gasteiger partial charge in [0, 0.05) is 16.3 Å². The molecule has 0 fully saturated rings. The van der Waals surface area contributed by atoms with Crippen molar-refractivity contribution in [3.8, 4) is 0 Å². The Morgan fingerprint density at radius 2 is 1.75 bits per heavy atom. The third-order valence-corrected chi connectivity index (χ3v) is 5.29. The quantitative estimate of drug-likeness (QED) is 0.825. The molecule has 0 bridgehead atoms. The van der Waals surface area contributed by atoms with E-state index in [4.69, 9.17) is 0 Å². The molecule has 0 saturated carbocycles. The number of fused-ring (bicyclic) bond motifs is 1. The first kappa shape index (κ1) is 15.0. The Labute approximate surface area is 125 Å². The molecule has 1 aliphatic carbocycles. The highest BCUT2D eigenvalue weighted by molar-refractivity contribution is 9.10. The molecule has 0 heterocycles. The number of halogens is 1. The second kappa shape index (κ2) is 4.88. The maximum atomic E-state index is 11.9. The molecule has 1 aromatic carbocycles. The number of carboxylic acids is 2. The molecule has 1 aromatic rings. The smallest absolute Gasteiger partial charge is 0.322 e. The highest BCUT2D eigenvalue weighted by atomic mass is 79.9. The van der Waals surface area contributed by atoms with Crippen LogP contribution in [0.2, 0.25) is 0 Å². The van der Waals surface area contributed by atoms with Crippen LogP contribution in [-0.2, 0) is 21.4 Å². The van der Waals surface area contributed by atoms with Crippen molar-refractivity contribution in [1.82, 2.24) is 0 Å². The molecule has 2 N–H and O–H groups in total. The standard InChI is InChI=1S/C15H17BrO4/c1-3-14(4-2)11-6-5-10(16)7-9(11)8-15(14,12(17)18)13(19)20/h5-7H,3-4,8H2,1-2H3,(H,17,18)(H,19,20). The van der Waals surface area contributed by atoms with Crippen LogP contribution in [0.1, 0.15) is 37.8 Å². The van der Waals surface area contributed by atoms with E-state index in [9.17, 15) is 19.8 Å². The molecule has 0 aromatic heterocycles. The fourth-order valence-electron chi connectivity index (χ4n) is 3.75. The summed E-state index contributed by atoms with van der Waals surface area (Å²) in [6.07, 6.45) is 1.00. The Bertz CT molecular complexity index is 561. The van der Waals surface area contributed by atoms with Crippen LogP contribution in [0.4, 0.5) is 0 Å². The molecular weight excluding hydrogens is 324 g/mol. The van der Waals surface area contributed by atoms with E-state index in [1.54, 1.807) is 0 Å². The average molecular weight is 341 g/mol. The van der Waals surface area contributed by atoms with Crippen LogP contribution >= 0.6 is 15.9 Å². The molecule has 108 valence electrons. The minimum atomic E-state index is -1.78. The summed E-state index contributed by atoms with van der Waals surface area (Å²) in [4.78, 5) is 23.7. The van der Waals surface area contributed by atoms with E-state index < -0.39 is 22.8 Å². The molecule has 0 saturated heterocycles. The van der Waals surface area contributed by atoms with Gasteiger partial charge in [0.15, 0.2) is 5.41 Å². The molecule has 0 spiro atoms. The van der Waals surface area contributed by atoms with Gasteiger partial charge in [-0.05, 0) is 36.1 Å². The van der Waals surface area contributed by atoms with Crippen LogP contribution in [0.5, 0.6) is 0 Å². The molecule has 2 rings (SSSR count). The Balaban J connectivity index is 2.80. The molecule has 5 heteroatoms. The van der Waals surface area contributed by atoms with Crippen molar-refractivity contribution in [2.45, 2.75) is 38.5 Å². The minimum absolute atomic E-state index is 0.0358. The van der Waals surface area contributed by atoms with Crippen molar-refractivity contribution in [1.29, 1.82) is 0 Å². The van der Waals surface area contributed by atoms with Crippen molar-refractivity contribution < 1.29 is 19.8 Å². The molecule has 4 nitrogen and oxygen atoms in total. The zero-order valence-corrected chi connectivity index (χ0v) is 13.0. The van der Waals surface area contributed by atoms with E-state index in [1.165, 1.54) is 0 Å². The van der Waals surface area contributed by atoms with Crippen LogP contribution in [0.25, 0.3) is 0 Å². The van der Waals surface area contributed by atoms with E-state index >= 15 is 0 Å². The van der Waals surface area contributed by atoms with Crippen molar-refractivity contribution >= 4 is 27.9 Å². The van der Waals surface area contributed by atoms with Gasteiger partial charge in [0.1, 0.15) is 0 Å². The third kappa shape index (κ3) is 1.65. The molecule has 20 heavy (non-hydrogen) atoms. The van der Waals surface area contributed by atoms with E-state index in [0.29, 0.717) is 12.8 Å². The minimum Gasteiger partial charge on any atom is -0.480 e. The molecule has 0 radical (unpaired) electrons. The Morgan fingerprint density at radius 1 is 1.20 bits per heavy atom. The first-order valence-corrected chi connectivity index (χ1v) is 7.40. The number of carboxylic acid groups (broad SMARTS) is 2. The summed E-state index contributed by atoms with van der Waals surface area (Å²) in [7, 11) is 0. The van der Waals surface area contributed by atoms with E-state index in [0.717, 1.165) is 15.6 Å². The molecule has 0 aliphatic heterocycles. The lowest BCUT2D eigenvalue weighted by Gasteiger charge is -2.39. The van der Waals surface area contributed by atoms with Crippen LogP contribution in [-0.4, -0.2) is 22.2 Å². The topological polar surface area (TPSA) is 74.6 Å². The largest absolute Gasteiger partial charge is 0.480 e. The van der Waals surface area contributed by atoms with Gasteiger partial charge in [0.25, 0.3) is 0 Å². The average Bonchev–Trinajstić information content (AvgIpc) is 2.69. The van der Waals surface area contributed by atoms with Gasteiger partial charge in [-0.1, -0.05) is 35.8 Å². The van der Waals surface area contributed by atoms with Crippen LogP contribution in [0.3, 0.4) is 0 Å². The van der Waals surface area contributed by atoms with Crippen molar-refractivity contribution in [2.75, 3.05) is 0 Å². The number of hydrogen-bond donors (Lipinski definition) is 2. The summed E-state index contributed by atoms with van der Waals surface area (Å²) in [5, 5.41) is 19.4. The summed E-state index contributed by atoms with van der Waals surface area (Å²) >= 11 is 3.36. The van der Waals surface area contributed by atoms with E-state index in [1.807, 2.05) is 32.0 Å². The Morgan fingerprint density at radius 3 is 2.20 bits per heavy atom. The third-order valence-electron chi connectivity index (χ3n) is 4.79. The zero-order valence-electron chi connectivity index (χ0n) is 11.4. The van der Waals surface area contributed by atoms with Gasteiger partial charge in [-0.2, -0.15) is 0 Å². The summed E-state index contributed by atoms with van der Waals surface area (Å²) in [6, 6.07) is 5.54. The molecular formula is C15H17BrO4. The fraction of sp³-hybridized carbons (Fsp3) is 0.467. The zero-order chi connectivity index (χ0) is 15.1. The molecule has 1 aliphatic rings. The van der Waals surface area contributed by atoms with Crippen LogP contribution in [0.15, 0.2) is 22.7 Å². The SMILES string of the molecule is CCC1(CC)c2ccc(Br)cc2CC1(C(=O)O)C(=O)O. The van der Waals surface area contributed by atoms with Gasteiger partial charge in [-0.15, -0.1) is 0 Å². The monoisotopic (exact) mass is 340 g/mol. The Kier molecular flexibility index (Phi) is 3.67. The predicted octanol–water partition coefficient (Wildman–Crippen LogP) is 3.22. The van der Waals surface area contributed by atoms with Gasteiger partial charge in [0.2, 0.25) is 0 Å². The number of carbonyl (C=O) groups is 2. The van der Waals surface area contributed by atoms with Crippen LogP contribution in [0, 0.1) is 5.41 Å². The van der Waals surface area contributed by atoms with Crippen molar-refractivity contribution in [3.05, 3.63) is 33.8 Å². The maximum Gasteiger partial charge on any atom is 0.322 e. The lowest BCUT2D eigenvalue weighted by Crippen LogP contribution is -2.53. The summed E-state index contributed by atoms with van der Waals surface area (Å²) in [5.74, 6) is -2.50. The highest BCUT2D eigenvalue weighted by Crippen LogP contribution is 2.56. The molecule has 0 unspecified atom stereocenters. The Hall–Kier alpha value is -1.36. The van der Waals surface area contributed by atoms with Gasteiger partial charge >= 0.3 is 11.9 Å². The maximum absolute atomic E-state index is 11.9. The number of benzene rings is 1. The first-order valence-electron chi connectivity index (χ1n) is 6.61. The second-order valence-corrected chi connectivity index (χ2v) is 6.20. The van der Waals surface area contributed by atoms with E-state index in [2.05, 4.69) is 15.9 Å². The number of aliphatic carboxylic acids is 2. The van der Waals surface area contributed by atoms with E-state index in [-0.39, 0.29) is 6.42 Å². The lowest BCUT2D eigenvalue weighted by atomic mass is 9.60. The fourth-order valence-corrected chi connectivity index (χ4v) is 4.16. The summed E-state index contributed by atoms with van der Waals surface area (Å²) < 4.78 is 0.837. The van der Waals surface area contributed by atoms with Crippen LogP contribution < -0.4 is 0 Å². The van der Waals surface area contributed by atoms with Gasteiger partial charge < -0.3 is 10.2 Å². The van der Waals surface area contributed by atoms with Gasteiger partial charge in [-0.25, -0.2) is 0 Å².